The van der Waals surface area contributed by atoms with Crippen molar-refractivity contribution in [2.24, 2.45) is 0 Å². The highest BCUT2D eigenvalue weighted by atomic mass is 35.5. The predicted octanol–water partition coefficient (Wildman–Crippen LogP) is 3.26. The minimum atomic E-state index is -0.498. The molecule has 1 unspecified atom stereocenters. The molecular formula is C12H16ClNO3. The first-order valence-corrected chi connectivity index (χ1v) is 5.95. The molecule has 1 rings (SSSR count). The van der Waals surface area contributed by atoms with Crippen LogP contribution >= 0.6 is 11.6 Å². The van der Waals surface area contributed by atoms with Crippen LogP contribution in [0.3, 0.4) is 0 Å². The van der Waals surface area contributed by atoms with Crippen molar-refractivity contribution in [2.75, 3.05) is 0 Å². The summed E-state index contributed by atoms with van der Waals surface area (Å²) in [4.78, 5) is 10.2. The maximum Gasteiger partial charge on any atom is 0.288 e. The number of aliphatic hydroxyl groups excluding tert-OH is 1. The van der Waals surface area contributed by atoms with Gasteiger partial charge in [-0.3, -0.25) is 10.1 Å². The lowest BCUT2D eigenvalue weighted by molar-refractivity contribution is -0.384. The summed E-state index contributed by atoms with van der Waals surface area (Å²) < 4.78 is 0. The summed E-state index contributed by atoms with van der Waals surface area (Å²) in [6, 6.07) is 3.03. The summed E-state index contributed by atoms with van der Waals surface area (Å²) in [6.07, 6.45) is 1.68. The number of hydrogen-bond acceptors (Lipinski definition) is 3. The lowest BCUT2D eigenvalue weighted by atomic mass is 10.00. The molecule has 0 aliphatic carbocycles. The monoisotopic (exact) mass is 257 g/mol. The molecule has 1 N–H and O–H groups in total. The van der Waals surface area contributed by atoms with Crippen molar-refractivity contribution in [3.63, 3.8) is 0 Å². The topological polar surface area (TPSA) is 63.4 Å². The second-order valence-corrected chi connectivity index (χ2v) is 4.54. The number of hydrogen-bond donors (Lipinski definition) is 1. The van der Waals surface area contributed by atoms with Crippen LogP contribution in [0.15, 0.2) is 12.1 Å². The Morgan fingerprint density at radius 1 is 1.53 bits per heavy atom. The summed E-state index contributed by atoms with van der Waals surface area (Å²) in [5.74, 6) is 0. The van der Waals surface area contributed by atoms with Gasteiger partial charge >= 0.3 is 0 Å². The molecule has 0 aromatic heterocycles. The van der Waals surface area contributed by atoms with Crippen LogP contribution in [0.2, 0.25) is 5.02 Å². The van der Waals surface area contributed by atoms with Crippen molar-refractivity contribution >= 4 is 17.3 Å². The molecule has 1 aromatic carbocycles. The van der Waals surface area contributed by atoms with E-state index in [9.17, 15) is 15.2 Å². The molecule has 4 nitrogen and oxygen atoms in total. The van der Waals surface area contributed by atoms with Crippen molar-refractivity contribution in [3.8, 4) is 0 Å². The predicted molar refractivity (Wildman–Crippen MR) is 67.5 cm³/mol. The Morgan fingerprint density at radius 2 is 2.18 bits per heavy atom. The van der Waals surface area contributed by atoms with E-state index in [1.807, 2.05) is 6.92 Å². The summed E-state index contributed by atoms with van der Waals surface area (Å²) in [5, 5.41) is 20.5. The van der Waals surface area contributed by atoms with Crippen LogP contribution in [-0.2, 0) is 6.42 Å². The molecule has 0 spiro atoms. The number of benzene rings is 1. The van der Waals surface area contributed by atoms with Gasteiger partial charge in [-0.25, -0.2) is 0 Å². The van der Waals surface area contributed by atoms with E-state index in [0.717, 1.165) is 17.5 Å². The number of aliphatic hydroxyl groups is 1. The SMILES string of the molecule is CCCC(O)Cc1cc(Cl)c([N+](=O)[O-])cc1C. The van der Waals surface area contributed by atoms with E-state index in [4.69, 9.17) is 11.6 Å². The van der Waals surface area contributed by atoms with Gasteiger partial charge in [0.05, 0.1) is 11.0 Å². The fourth-order valence-electron chi connectivity index (χ4n) is 1.76. The molecule has 1 aromatic rings. The van der Waals surface area contributed by atoms with E-state index in [0.29, 0.717) is 12.8 Å². The fraction of sp³-hybridized carbons (Fsp3) is 0.500. The highest BCUT2D eigenvalue weighted by molar-refractivity contribution is 6.32. The molecule has 94 valence electrons. The average molecular weight is 258 g/mol. The quantitative estimate of drug-likeness (QED) is 0.650. The minimum absolute atomic E-state index is 0.0853. The fourth-order valence-corrected chi connectivity index (χ4v) is 2.01. The molecule has 5 heteroatoms. The largest absolute Gasteiger partial charge is 0.393 e. The first kappa shape index (κ1) is 13.9. The van der Waals surface area contributed by atoms with Crippen molar-refractivity contribution in [1.29, 1.82) is 0 Å². The van der Waals surface area contributed by atoms with E-state index >= 15 is 0 Å². The summed E-state index contributed by atoms with van der Waals surface area (Å²) >= 11 is 5.83. The maximum atomic E-state index is 10.7. The first-order chi connectivity index (χ1) is 7.95. The van der Waals surface area contributed by atoms with Gasteiger partial charge in [0.15, 0.2) is 0 Å². The van der Waals surface area contributed by atoms with E-state index in [-0.39, 0.29) is 10.7 Å². The molecule has 0 aliphatic heterocycles. The van der Waals surface area contributed by atoms with Gasteiger partial charge in [-0.1, -0.05) is 24.9 Å². The Balaban J connectivity index is 2.95. The zero-order valence-corrected chi connectivity index (χ0v) is 10.7. The third-order valence-corrected chi connectivity index (χ3v) is 2.98. The number of nitro groups is 1. The zero-order chi connectivity index (χ0) is 13.0. The van der Waals surface area contributed by atoms with Gasteiger partial charge in [0.1, 0.15) is 5.02 Å². The van der Waals surface area contributed by atoms with Crippen LogP contribution in [0.4, 0.5) is 5.69 Å². The smallest absolute Gasteiger partial charge is 0.288 e. The molecule has 0 fully saturated rings. The number of nitrogens with zero attached hydrogens (tertiary/aromatic N) is 1. The van der Waals surface area contributed by atoms with Gasteiger partial charge in [-0.2, -0.15) is 0 Å². The van der Waals surface area contributed by atoms with Crippen LogP contribution in [-0.4, -0.2) is 16.1 Å². The van der Waals surface area contributed by atoms with Crippen molar-refractivity contribution in [3.05, 3.63) is 38.4 Å². The molecule has 17 heavy (non-hydrogen) atoms. The highest BCUT2D eigenvalue weighted by Gasteiger charge is 2.16. The van der Waals surface area contributed by atoms with E-state index < -0.39 is 11.0 Å². The second-order valence-electron chi connectivity index (χ2n) is 4.13. The number of halogens is 1. The van der Waals surface area contributed by atoms with Gasteiger partial charge in [0, 0.05) is 6.07 Å². The maximum absolute atomic E-state index is 10.7. The lowest BCUT2D eigenvalue weighted by Gasteiger charge is -2.12. The molecule has 0 saturated carbocycles. The Bertz CT molecular complexity index is 420. The van der Waals surface area contributed by atoms with E-state index in [1.165, 1.54) is 6.07 Å². The van der Waals surface area contributed by atoms with Gasteiger partial charge in [-0.05, 0) is 37.0 Å². The second kappa shape index (κ2) is 5.98. The van der Waals surface area contributed by atoms with Crippen molar-refractivity contribution in [1.82, 2.24) is 0 Å². The summed E-state index contributed by atoms with van der Waals surface area (Å²) in [6.45, 7) is 3.79. The third-order valence-electron chi connectivity index (χ3n) is 2.68. The molecule has 0 bridgehead atoms. The number of rotatable bonds is 5. The minimum Gasteiger partial charge on any atom is -0.393 e. The molecule has 0 aliphatic rings. The standard InChI is InChI=1S/C12H16ClNO3/c1-3-4-10(15)6-9-7-11(13)12(14(16)17)5-8(9)2/h5,7,10,15H,3-4,6H2,1-2H3. The Labute approximate surface area is 105 Å². The van der Waals surface area contributed by atoms with Crippen molar-refractivity contribution in [2.45, 2.75) is 39.2 Å². The lowest BCUT2D eigenvalue weighted by Crippen LogP contribution is -2.11. The van der Waals surface area contributed by atoms with Crippen LogP contribution in [0.1, 0.15) is 30.9 Å². The van der Waals surface area contributed by atoms with E-state index in [2.05, 4.69) is 0 Å². The summed E-state index contributed by atoms with van der Waals surface area (Å²) in [5.41, 5.74) is 1.57. The van der Waals surface area contributed by atoms with E-state index in [1.54, 1.807) is 13.0 Å². The van der Waals surface area contributed by atoms with Gasteiger partial charge < -0.3 is 5.11 Å². The van der Waals surface area contributed by atoms with Gasteiger partial charge in [0.2, 0.25) is 0 Å². The van der Waals surface area contributed by atoms with Crippen LogP contribution < -0.4 is 0 Å². The number of aryl methyl sites for hydroxylation is 1. The van der Waals surface area contributed by atoms with Crippen LogP contribution in [0, 0.1) is 17.0 Å². The van der Waals surface area contributed by atoms with Crippen LogP contribution in [0.5, 0.6) is 0 Å². The summed E-state index contributed by atoms with van der Waals surface area (Å²) in [7, 11) is 0. The number of nitro benzene ring substituents is 1. The highest BCUT2D eigenvalue weighted by Crippen LogP contribution is 2.28. The zero-order valence-electron chi connectivity index (χ0n) is 9.94. The van der Waals surface area contributed by atoms with Gasteiger partial charge in [0.25, 0.3) is 5.69 Å². The van der Waals surface area contributed by atoms with Crippen molar-refractivity contribution < 1.29 is 10.0 Å². The molecule has 0 saturated heterocycles. The molecule has 0 radical (unpaired) electrons. The molecule has 0 amide bonds. The third kappa shape index (κ3) is 3.68. The normalized spacial score (nSPS) is 12.5. The van der Waals surface area contributed by atoms with Crippen LogP contribution in [0.25, 0.3) is 0 Å². The molecular weight excluding hydrogens is 242 g/mol. The first-order valence-electron chi connectivity index (χ1n) is 5.57. The Kier molecular flexibility index (Phi) is 4.90. The Hall–Kier alpha value is -1.13. The van der Waals surface area contributed by atoms with Gasteiger partial charge in [-0.15, -0.1) is 0 Å². The molecule has 0 heterocycles. The Morgan fingerprint density at radius 3 is 2.71 bits per heavy atom. The molecule has 1 atom stereocenters. The average Bonchev–Trinajstić information content (AvgIpc) is 2.22.